The summed E-state index contributed by atoms with van der Waals surface area (Å²) < 4.78 is 0. The van der Waals surface area contributed by atoms with Crippen LogP contribution >= 0.6 is 0 Å². The van der Waals surface area contributed by atoms with Crippen LogP contribution in [-0.2, 0) is 9.59 Å². The summed E-state index contributed by atoms with van der Waals surface area (Å²) in [5.74, 6) is 0.287. The number of Topliss-reactive ketones (excluding diaryl/α,β-unsaturated/α-hetero) is 2. The summed E-state index contributed by atoms with van der Waals surface area (Å²) in [4.78, 5) is 25.9. The first-order chi connectivity index (χ1) is 14.0. The van der Waals surface area contributed by atoms with Crippen LogP contribution in [0.25, 0.3) is 0 Å². The van der Waals surface area contributed by atoms with E-state index < -0.39 is 0 Å². The van der Waals surface area contributed by atoms with Crippen molar-refractivity contribution in [1.82, 2.24) is 16.0 Å². The van der Waals surface area contributed by atoms with E-state index in [2.05, 4.69) is 57.5 Å². The second-order valence-corrected chi connectivity index (χ2v) is 10.0. The molecule has 0 saturated heterocycles. The molecule has 0 aromatic rings. The highest BCUT2D eigenvalue weighted by atomic mass is 16.1. The van der Waals surface area contributed by atoms with Crippen LogP contribution in [0.5, 0.6) is 0 Å². The molecule has 2 unspecified atom stereocenters. The number of carbonyl (C=O) groups excluding carboxylic acids is 2. The Balaban J connectivity index is 4.76. The lowest BCUT2D eigenvalue weighted by Gasteiger charge is -2.24. The Morgan fingerprint density at radius 1 is 0.667 bits per heavy atom. The summed E-state index contributed by atoms with van der Waals surface area (Å²) in [5.41, 5.74) is 0. The number of hydrogen-bond donors (Lipinski definition) is 3. The van der Waals surface area contributed by atoms with Crippen LogP contribution in [0.2, 0.25) is 0 Å². The van der Waals surface area contributed by atoms with E-state index >= 15 is 0 Å². The third-order valence-corrected chi connectivity index (χ3v) is 5.35. The molecule has 5 heteroatoms. The highest BCUT2D eigenvalue weighted by Crippen LogP contribution is 2.21. The molecular weight excluding hydrogens is 374 g/mol. The lowest BCUT2D eigenvalue weighted by Crippen LogP contribution is -2.42. The van der Waals surface area contributed by atoms with Crippen molar-refractivity contribution in [2.75, 3.05) is 13.1 Å². The lowest BCUT2D eigenvalue weighted by atomic mass is 9.85. The minimum atomic E-state index is -0.144. The van der Waals surface area contributed by atoms with Crippen molar-refractivity contribution in [3.05, 3.63) is 0 Å². The van der Waals surface area contributed by atoms with Crippen LogP contribution in [0.1, 0.15) is 100 Å². The molecule has 0 bridgehead atoms. The highest BCUT2D eigenvalue weighted by molar-refractivity contribution is 5.91. The van der Waals surface area contributed by atoms with E-state index in [1.165, 1.54) is 0 Å². The molecule has 0 radical (unpaired) electrons. The Hall–Kier alpha value is -0.780. The maximum Gasteiger partial charge on any atom is 0.150 e. The maximum absolute atomic E-state index is 13.1. The Morgan fingerprint density at radius 2 is 1.17 bits per heavy atom. The van der Waals surface area contributed by atoms with Gasteiger partial charge in [0.25, 0.3) is 0 Å². The van der Waals surface area contributed by atoms with Crippen molar-refractivity contribution >= 4 is 11.6 Å². The second-order valence-electron chi connectivity index (χ2n) is 10.0. The Labute approximate surface area is 186 Å². The average molecular weight is 426 g/mol. The Kier molecular flexibility index (Phi) is 16.4. The molecule has 5 nitrogen and oxygen atoms in total. The molecule has 0 amide bonds. The molecule has 0 rings (SSSR count). The van der Waals surface area contributed by atoms with E-state index in [9.17, 15) is 9.59 Å². The van der Waals surface area contributed by atoms with Crippen LogP contribution in [-0.4, -0.2) is 48.8 Å². The summed E-state index contributed by atoms with van der Waals surface area (Å²) in [6, 6.07) is 1.09. The average Bonchev–Trinajstić information content (AvgIpc) is 2.63. The number of rotatable bonds is 19. The van der Waals surface area contributed by atoms with E-state index in [0.717, 1.165) is 51.6 Å². The van der Waals surface area contributed by atoms with Gasteiger partial charge in [0.15, 0.2) is 0 Å². The minimum absolute atomic E-state index is 0.0183. The van der Waals surface area contributed by atoms with Crippen molar-refractivity contribution in [3.63, 3.8) is 0 Å². The molecule has 3 N–H and O–H groups in total. The summed E-state index contributed by atoms with van der Waals surface area (Å²) in [6.45, 7) is 18.6. The predicted molar refractivity (Wildman–Crippen MR) is 129 cm³/mol. The smallest absolute Gasteiger partial charge is 0.150 e. The number of nitrogens with one attached hydrogen (secondary N) is 3. The highest BCUT2D eigenvalue weighted by Gasteiger charge is 2.27. The van der Waals surface area contributed by atoms with Crippen molar-refractivity contribution in [1.29, 1.82) is 0 Å². The van der Waals surface area contributed by atoms with E-state index in [4.69, 9.17) is 0 Å². The van der Waals surface area contributed by atoms with E-state index in [0.29, 0.717) is 18.5 Å². The first-order valence-corrected chi connectivity index (χ1v) is 12.3. The molecule has 0 aromatic carbocycles. The standard InChI is InChI=1S/C25H51N3O2/c1-18(2)25(30)22(13-9-11-15-26-19(3)4)17-24(29)23(28-21(7)8)14-10-12-16-27-20(5)6/h18-23,26-28H,9-17H2,1-8H3. The third-order valence-electron chi connectivity index (χ3n) is 5.35. The first-order valence-electron chi connectivity index (χ1n) is 12.3. The quantitative estimate of drug-likeness (QED) is 0.266. The number of ketones is 2. The van der Waals surface area contributed by atoms with Gasteiger partial charge in [0, 0.05) is 36.4 Å². The summed E-state index contributed by atoms with van der Waals surface area (Å²) in [7, 11) is 0. The van der Waals surface area contributed by atoms with E-state index in [1.807, 2.05) is 13.8 Å². The van der Waals surface area contributed by atoms with Gasteiger partial charge in [-0.1, -0.05) is 68.2 Å². The molecule has 0 aromatic heterocycles. The topological polar surface area (TPSA) is 70.2 Å². The molecule has 30 heavy (non-hydrogen) atoms. The molecule has 0 spiro atoms. The Bertz CT molecular complexity index is 461. The number of carbonyl (C=O) groups is 2. The molecule has 0 aliphatic heterocycles. The van der Waals surface area contributed by atoms with Gasteiger partial charge in [-0.15, -0.1) is 0 Å². The zero-order valence-electron chi connectivity index (χ0n) is 21.1. The minimum Gasteiger partial charge on any atom is -0.315 e. The molecule has 0 saturated carbocycles. The molecule has 0 aliphatic rings. The zero-order valence-corrected chi connectivity index (χ0v) is 21.1. The van der Waals surface area contributed by atoms with Crippen LogP contribution in [0.3, 0.4) is 0 Å². The molecule has 2 atom stereocenters. The predicted octanol–water partition coefficient (Wildman–Crippen LogP) is 4.49. The lowest BCUT2D eigenvalue weighted by molar-refractivity contribution is -0.131. The van der Waals surface area contributed by atoms with Gasteiger partial charge in [-0.3, -0.25) is 9.59 Å². The van der Waals surface area contributed by atoms with Gasteiger partial charge >= 0.3 is 0 Å². The van der Waals surface area contributed by atoms with Gasteiger partial charge in [0.1, 0.15) is 11.6 Å². The first kappa shape index (κ1) is 29.2. The van der Waals surface area contributed by atoms with Gasteiger partial charge in [-0.2, -0.15) is 0 Å². The zero-order chi connectivity index (χ0) is 23.1. The van der Waals surface area contributed by atoms with Gasteiger partial charge in [0.2, 0.25) is 0 Å². The largest absolute Gasteiger partial charge is 0.315 e. The maximum atomic E-state index is 13.1. The van der Waals surface area contributed by atoms with Crippen LogP contribution in [0, 0.1) is 11.8 Å². The molecule has 0 fully saturated rings. The van der Waals surface area contributed by atoms with Gasteiger partial charge in [0.05, 0.1) is 6.04 Å². The van der Waals surface area contributed by atoms with Crippen molar-refractivity contribution < 1.29 is 9.59 Å². The van der Waals surface area contributed by atoms with Gasteiger partial charge in [-0.05, 0) is 38.8 Å². The fourth-order valence-electron chi connectivity index (χ4n) is 3.71. The van der Waals surface area contributed by atoms with Crippen LogP contribution < -0.4 is 16.0 Å². The van der Waals surface area contributed by atoms with Crippen molar-refractivity contribution in [3.8, 4) is 0 Å². The summed E-state index contributed by atoms with van der Waals surface area (Å²) >= 11 is 0. The second kappa shape index (κ2) is 16.9. The van der Waals surface area contributed by atoms with Gasteiger partial charge in [-0.25, -0.2) is 0 Å². The van der Waals surface area contributed by atoms with Crippen molar-refractivity contribution in [2.45, 2.75) is 125 Å². The summed E-state index contributed by atoms with van der Waals surface area (Å²) in [5, 5.41) is 10.3. The SMILES string of the molecule is CC(C)NCCCCC(CC(=O)C(CCCCNC(C)C)NC(C)C)C(=O)C(C)C. The number of hydrogen-bond acceptors (Lipinski definition) is 5. The molecular formula is C25H51N3O2. The van der Waals surface area contributed by atoms with E-state index in [1.54, 1.807) is 0 Å². The fraction of sp³-hybridized carbons (Fsp3) is 0.920. The van der Waals surface area contributed by atoms with Crippen molar-refractivity contribution in [2.24, 2.45) is 11.8 Å². The van der Waals surface area contributed by atoms with E-state index in [-0.39, 0.29) is 35.5 Å². The summed E-state index contributed by atoms with van der Waals surface area (Å²) in [6.07, 6.45) is 6.15. The van der Waals surface area contributed by atoms with Crippen LogP contribution in [0.4, 0.5) is 0 Å². The fourth-order valence-corrected chi connectivity index (χ4v) is 3.71. The third kappa shape index (κ3) is 15.1. The number of unbranched alkanes of at least 4 members (excludes halogenated alkanes) is 2. The monoisotopic (exact) mass is 425 g/mol. The Morgan fingerprint density at radius 3 is 1.60 bits per heavy atom. The molecule has 0 heterocycles. The van der Waals surface area contributed by atoms with Crippen LogP contribution in [0.15, 0.2) is 0 Å². The molecule has 0 aliphatic carbocycles. The molecule has 178 valence electrons. The van der Waals surface area contributed by atoms with Gasteiger partial charge < -0.3 is 16.0 Å². The normalized spacial score (nSPS) is 14.1.